The molecule has 2 rings (SSSR count). The Kier molecular flexibility index (Phi) is 5.02. The van der Waals surface area contributed by atoms with Gasteiger partial charge in [0.1, 0.15) is 5.75 Å². The number of carbonyl (C=O) groups excluding carboxylic acids is 1. The first-order valence-corrected chi connectivity index (χ1v) is 6.39. The first-order chi connectivity index (χ1) is 8.84. The number of carbonyl (C=O) groups is 1. The number of hydrogen-bond donors (Lipinski definition) is 1. The van der Waals surface area contributed by atoms with Crippen LogP contribution < -0.4 is 10.1 Å². The molecule has 0 saturated carbocycles. The Morgan fingerprint density at radius 1 is 1.28 bits per heavy atom. The fourth-order valence-electron chi connectivity index (χ4n) is 1.92. The summed E-state index contributed by atoms with van der Waals surface area (Å²) in [7, 11) is 0. The lowest BCUT2D eigenvalue weighted by Crippen LogP contribution is -2.39. The van der Waals surface area contributed by atoms with E-state index in [0.717, 1.165) is 31.8 Å². The molecule has 0 spiro atoms. The molecule has 0 atom stereocenters. The third kappa shape index (κ3) is 4.37. The normalized spacial score (nSPS) is 16.2. The molecule has 1 fully saturated rings. The summed E-state index contributed by atoms with van der Waals surface area (Å²) >= 11 is 0. The standard InChI is InChI=1S/C14H19NO3/c16-14(15-12-6-9-17-10-7-12)8-11-18-13-4-2-1-3-5-13/h1-5,12H,6-11H2,(H,15,16). The van der Waals surface area contributed by atoms with E-state index in [1.165, 1.54) is 0 Å². The predicted molar refractivity (Wildman–Crippen MR) is 68.5 cm³/mol. The van der Waals surface area contributed by atoms with Gasteiger partial charge in [0, 0.05) is 19.3 Å². The molecular formula is C14H19NO3. The molecule has 1 aliphatic rings. The molecule has 1 heterocycles. The third-order valence-corrected chi connectivity index (χ3v) is 2.93. The number of hydrogen-bond acceptors (Lipinski definition) is 3. The summed E-state index contributed by atoms with van der Waals surface area (Å²) in [5.41, 5.74) is 0. The fourth-order valence-corrected chi connectivity index (χ4v) is 1.92. The molecular weight excluding hydrogens is 230 g/mol. The number of nitrogens with one attached hydrogen (secondary N) is 1. The zero-order chi connectivity index (χ0) is 12.6. The minimum Gasteiger partial charge on any atom is -0.493 e. The molecule has 0 aliphatic carbocycles. The summed E-state index contributed by atoms with van der Waals surface area (Å²) in [6, 6.07) is 9.80. The van der Waals surface area contributed by atoms with Crippen molar-refractivity contribution in [3.63, 3.8) is 0 Å². The third-order valence-electron chi connectivity index (χ3n) is 2.93. The van der Waals surface area contributed by atoms with E-state index in [0.29, 0.717) is 13.0 Å². The summed E-state index contributed by atoms with van der Waals surface area (Å²) in [5.74, 6) is 0.856. The van der Waals surface area contributed by atoms with E-state index in [-0.39, 0.29) is 11.9 Å². The van der Waals surface area contributed by atoms with Crippen LogP contribution in [-0.2, 0) is 9.53 Å². The molecule has 1 aliphatic heterocycles. The highest BCUT2D eigenvalue weighted by molar-refractivity contribution is 5.76. The van der Waals surface area contributed by atoms with Gasteiger partial charge >= 0.3 is 0 Å². The summed E-state index contributed by atoms with van der Waals surface area (Å²) in [5, 5.41) is 3.01. The van der Waals surface area contributed by atoms with Crippen molar-refractivity contribution >= 4 is 5.91 Å². The zero-order valence-electron chi connectivity index (χ0n) is 10.4. The molecule has 4 heteroatoms. The zero-order valence-corrected chi connectivity index (χ0v) is 10.4. The van der Waals surface area contributed by atoms with Crippen LogP contribution in [-0.4, -0.2) is 31.8 Å². The molecule has 4 nitrogen and oxygen atoms in total. The smallest absolute Gasteiger partial charge is 0.223 e. The Morgan fingerprint density at radius 2 is 2.00 bits per heavy atom. The van der Waals surface area contributed by atoms with Gasteiger partial charge in [0.15, 0.2) is 0 Å². The number of ether oxygens (including phenoxy) is 2. The monoisotopic (exact) mass is 249 g/mol. The lowest BCUT2D eigenvalue weighted by atomic mass is 10.1. The van der Waals surface area contributed by atoms with Gasteiger partial charge in [-0.3, -0.25) is 4.79 Å². The van der Waals surface area contributed by atoms with E-state index < -0.39 is 0 Å². The van der Waals surface area contributed by atoms with Gasteiger partial charge in [-0.15, -0.1) is 0 Å². The van der Waals surface area contributed by atoms with Crippen LogP contribution in [0, 0.1) is 0 Å². The van der Waals surface area contributed by atoms with Crippen molar-refractivity contribution in [1.82, 2.24) is 5.32 Å². The predicted octanol–water partition coefficient (Wildman–Crippen LogP) is 1.75. The second-order valence-electron chi connectivity index (χ2n) is 4.37. The lowest BCUT2D eigenvalue weighted by Gasteiger charge is -2.23. The fraction of sp³-hybridized carbons (Fsp3) is 0.500. The van der Waals surface area contributed by atoms with Crippen molar-refractivity contribution in [3.05, 3.63) is 30.3 Å². The van der Waals surface area contributed by atoms with E-state index >= 15 is 0 Å². The van der Waals surface area contributed by atoms with Crippen molar-refractivity contribution in [3.8, 4) is 5.75 Å². The average molecular weight is 249 g/mol. The van der Waals surface area contributed by atoms with Crippen molar-refractivity contribution < 1.29 is 14.3 Å². The Hall–Kier alpha value is -1.55. The quantitative estimate of drug-likeness (QED) is 0.865. The van der Waals surface area contributed by atoms with Crippen LogP contribution >= 0.6 is 0 Å². The van der Waals surface area contributed by atoms with Crippen molar-refractivity contribution in [2.45, 2.75) is 25.3 Å². The second kappa shape index (κ2) is 7.01. The topological polar surface area (TPSA) is 47.6 Å². The maximum atomic E-state index is 11.7. The van der Waals surface area contributed by atoms with Gasteiger partial charge in [-0.25, -0.2) is 0 Å². The Labute approximate surface area is 107 Å². The maximum Gasteiger partial charge on any atom is 0.223 e. The van der Waals surface area contributed by atoms with E-state index in [1.807, 2.05) is 30.3 Å². The highest BCUT2D eigenvalue weighted by Crippen LogP contribution is 2.09. The highest BCUT2D eigenvalue weighted by Gasteiger charge is 2.15. The van der Waals surface area contributed by atoms with Gasteiger partial charge in [0.25, 0.3) is 0 Å². The van der Waals surface area contributed by atoms with Gasteiger partial charge in [0.2, 0.25) is 5.91 Å². The Bertz CT molecular complexity index is 361. The number of rotatable bonds is 5. The molecule has 0 aromatic heterocycles. The molecule has 98 valence electrons. The summed E-state index contributed by atoms with van der Waals surface area (Å²) in [6.45, 7) is 1.90. The molecule has 0 unspecified atom stereocenters. The minimum atomic E-state index is 0.0535. The summed E-state index contributed by atoms with van der Waals surface area (Å²) < 4.78 is 10.7. The first-order valence-electron chi connectivity index (χ1n) is 6.39. The molecule has 0 bridgehead atoms. The average Bonchev–Trinajstić information content (AvgIpc) is 2.41. The van der Waals surface area contributed by atoms with Crippen LogP contribution in [0.15, 0.2) is 30.3 Å². The van der Waals surface area contributed by atoms with E-state index in [2.05, 4.69) is 5.32 Å². The second-order valence-corrected chi connectivity index (χ2v) is 4.37. The molecule has 1 aromatic carbocycles. The molecule has 1 saturated heterocycles. The van der Waals surface area contributed by atoms with Crippen molar-refractivity contribution in [2.75, 3.05) is 19.8 Å². The maximum absolute atomic E-state index is 11.7. The van der Waals surface area contributed by atoms with Gasteiger partial charge in [-0.2, -0.15) is 0 Å². The Morgan fingerprint density at radius 3 is 2.72 bits per heavy atom. The number of para-hydroxylation sites is 1. The highest BCUT2D eigenvalue weighted by atomic mass is 16.5. The Balaban J connectivity index is 1.62. The van der Waals surface area contributed by atoms with E-state index in [9.17, 15) is 4.79 Å². The van der Waals surface area contributed by atoms with Gasteiger partial charge in [-0.05, 0) is 25.0 Å². The van der Waals surface area contributed by atoms with Crippen LogP contribution in [0.2, 0.25) is 0 Å². The largest absolute Gasteiger partial charge is 0.493 e. The van der Waals surface area contributed by atoms with E-state index in [4.69, 9.17) is 9.47 Å². The number of amides is 1. The van der Waals surface area contributed by atoms with Gasteiger partial charge in [-0.1, -0.05) is 18.2 Å². The molecule has 1 amide bonds. The van der Waals surface area contributed by atoms with Crippen molar-refractivity contribution in [2.24, 2.45) is 0 Å². The number of benzene rings is 1. The van der Waals surface area contributed by atoms with Gasteiger partial charge in [0.05, 0.1) is 13.0 Å². The SMILES string of the molecule is O=C(CCOc1ccccc1)NC1CCOCC1. The first kappa shape index (κ1) is 12.9. The minimum absolute atomic E-state index is 0.0535. The van der Waals surface area contributed by atoms with Crippen LogP contribution in [0.4, 0.5) is 0 Å². The molecule has 18 heavy (non-hydrogen) atoms. The van der Waals surface area contributed by atoms with Crippen molar-refractivity contribution in [1.29, 1.82) is 0 Å². The van der Waals surface area contributed by atoms with E-state index in [1.54, 1.807) is 0 Å². The molecule has 1 aromatic rings. The molecule has 1 N–H and O–H groups in total. The summed E-state index contributed by atoms with van der Waals surface area (Å²) in [4.78, 5) is 11.7. The lowest BCUT2D eigenvalue weighted by molar-refractivity contribution is -0.122. The van der Waals surface area contributed by atoms with Crippen LogP contribution in [0.1, 0.15) is 19.3 Å². The molecule has 0 radical (unpaired) electrons. The van der Waals surface area contributed by atoms with Crippen LogP contribution in [0.3, 0.4) is 0 Å². The van der Waals surface area contributed by atoms with Crippen LogP contribution in [0.25, 0.3) is 0 Å². The van der Waals surface area contributed by atoms with Gasteiger partial charge < -0.3 is 14.8 Å². The van der Waals surface area contributed by atoms with Crippen LogP contribution in [0.5, 0.6) is 5.75 Å². The summed E-state index contributed by atoms with van der Waals surface area (Å²) in [6.07, 6.45) is 2.21.